The van der Waals surface area contributed by atoms with Crippen LogP contribution in [0.4, 0.5) is 0 Å². The molecular weight excluding hydrogens is 332 g/mol. The quantitative estimate of drug-likeness (QED) is 0.609. The molecule has 0 heterocycles. The molecular formula is C17H17O6S-. The number of carbonyl (C=O) groups is 2. The van der Waals surface area contributed by atoms with Crippen molar-refractivity contribution in [2.24, 2.45) is 23.7 Å². The monoisotopic (exact) mass is 349 g/mol. The highest BCUT2D eigenvalue weighted by Gasteiger charge is 2.54. The molecule has 4 aliphatic carbocycles. The minimum atomic E-state index is -4.63. The van der Waals surface area contributed by atoms with E-state index in [4.69, 9.17) is 4.74 Å². The molecule has 6 nitrogen and oxygen atoms in total. The predicted octanol–water partition coefficient (Wildman–Crippen LogP) is 1.75. The molecule has 0 N–H and O–H groups in total. The zero-order chi connectivity index (χ0) is 17.1. The van der Waals surface area contributed by atoms with Crippen LogP contribution in [0.1, 0.15) is 36.0 Å². The van der Waals surface area contributed by atoms with E-state index >= 15 is 0 Å². The van der Waals surface area contributed by atoms with Gasteiger partial charge < -0.3 is 9.29 Å². The first-order valence-corrected chi connectivity index (χ1v) is 9.54. The second kappa shape index (κ2) is 5.39. The van der Waals surface area contributed by atoms with Crippen LogP contribution >= 0.6 is 0 Å². The minimum Gasteiger partial charge on any atom is -0.744 e. The lowest BCUT2D eigenvalue weighted by Crippen LogP contribution is -2.55. The summed E-state index contributed by atoms with van der Waals surface area (Å²) >= 11 is 0. The lowest BCUT2D eigenvalue weighted by atomic mass is 9.54. The summed E-state index contributed by atoms with van der Waals surface area (Å²) in [5, 5.41) is 0. The molecule has 0 radical (unpaired) electrons. The number of hydrogen-bond donors (Lipinski definition) is 0. The van der Waals surface area contributed by atoms with Crippen molar-refractivity contribution in [2.75, 3.05) is 0 Å². The molecule has 0 aromatic heterocycles. The number of benzene rings is 1. The number of hydrogen-bond acceptors (Lipinski definition) is 6. The molecule has 24 heavy (non-hydrogen) atoms. The van der Waals surface area contributed by atoms with Crippen LogP contribution in [0.2, 0.25) is 0 Å². The molecule has 5 rings (SSSR count). The Hall–Kier alpha value is -1.73. The summed E-state index contributed by atoms with van der Waals surface area (Å²) in [7, 11) is -4.63. The molecule has 0 spiro atoms. The van der Waals surface area contributed by atoms with E-state index in [1.54, 1.807) is 0 Å². The van der Waals surface area contributed by atoms with Gasteiger partial charge in [-0.05, 0) is 55.7 Å². The lowest BCUT2D eigenvalue weighted by Gasteiger charge is -2.52. The van der Waals surface area contributed by atoms with Gasteiger partial charge in [0.05, 0.1) is 16.4 Å². The summed E-state index contributed by atoms with van der Waals surface area (Å²) < 4.78 is 38.9. The Morgan fingerprint density at radius 2 is 1.96 bits per heavy atom. The summed E-state index contributed by atoms with van der Waals surface area (Å²) in [4.78, 5) is 24.3. The first kappa shape index (κ1) is 15.8. The van der Waals surface area contributed by atoms with Crippen LogP contribution in [0.3, 0.4) is 0 Å². The van der Waals surface area contributed by atoms with E-state index in [-0.39, 0.29) is 29.1 Å². The minimum absolute atomic E-state index is 0.0215. The maximum Gasteiger partial charge on any atom is 0.338 e. The fourth-order valence-corrected chi connectivity index (χ4v) is 5.25. The van der Waals surface area contributed by atoms with Crippen LogP contribution in [0.5, 0.6) is 0 Å². The molecule has 4 fully saturated rings. The van der Waals surface area contributed by atoms with Crippen molar-refractivity contribution >= 4 is 21.9 Å². The Bertz CT molecular complexity index is 814. The van der Waals surface area contributed by atoms with E-state index in [1.807, 2.05) is 0 Å². The molecule has 0 saturated heterocycles. The normalized spacial score (nSPS) is 34.4. The summed E-state index contributed by atoms with van der Waals surface area (Å²) in [6, 6.07) is 4.92. The molecule has 0 amide bonds. The third-order valence-electron chi connectivity index (χ3n) is 5.66. The van der Waals surface area contributed by atoms with Crippen LogP contribution in [0.15, 0.2) is 29.2 Å². The van der Waals surface area contributed by atoms with Crippen molar-refractivity contribution in [2.45, 2.75) is 36.7 Å². The van der Waals surface area contributed by atoms with Gasteiger partial charge >= 0.3 is 5.97 Å². The van der Waals surface area contributed by atoms with Gasteiger partial charge in [0.25, 0.3) is 0 Å². The van der Waals surface area contributed by atoms with Gasteiger partial charge in [0.15, 0.2) is 0 Å². The van der Waals surface area contributed by atoms with E-state index in [9.17, 15) is 22.6 Å². The van der Waals surface area contributed by atoms with E-state index in [0.29, 0.717) is 5.92 Å². The summed E-state index contributed by atoms with van der Waals surface area (Å²) in [5.41, 5.74) is 0.0215. The van der Waals surface area contributed by atoms with Gasteiger partial charge in [0.2, 0.25) is 0 Å². The first-order chi connectivity index (χ1) is 11.3. The van der Waals surface area contributed by atoms with E-state index in [0.717, 1.165) is 37.8 Å². The van der Waals surface area contributed by atoms with Crippen LogP contribution in [-0.2, 0) is 19.6 Å². The fraction of sp³-hybridized carbons (Fsp3) is 0.529. The van der Waals surface area contributed by atoms with Gasteiger partial charge in [-0.2, -0.15) is 0 Å². The van der Waals surface area contributed by atoms with E-state index in [2.05, 4.69) is 0 Å². The Labute approximate surface area is 139 Å². The molecule has 5 unspecified atom stereocenters. The van der Waals surface area contributed by atoms with Crippen LogP contribution < -0.4 is 0 Å². The van der Waals surface area contributed by atoms with Crippen molar-refractivity contribution in [3.63, 3.8) is 0 Å². The molecule has 1 aromatic rings. The summed E-state index contributed by atoms with van der Waals surface area (Å²) in [6.45, 7) is 0. The van der Waals surface area contributed by atoms with Crippen molar-refractivity contribution in [3.05, 3.63) is 29.8 Å². The Morgan fingerprint density at radius 1 is 1.17 bits per heavy atom. The number of Topliss-reactive ketones (excluding diaryl/α,β-unsaturated/α-hetero) is 1. The number of ketones is 1. The zero-order valence-corrected chi connectivity index (χ0v) is 13.7. The molecule has 7 heteroatoms. The van der Waals surface area contributed by atoms with Gasteiger partial charge in [0.1, 0.15) is 22.0 Å². The van der Waals surface area contributed by atoms with Gasteiger partial charge in [0, 0.05) is 5.92 Å². The average Bonchev–Trinajstić information content (AvgIpc) is 2.54. The van der Waals surface area contributed by atoms with Gasteiger partial charge in [-0.25, -0.2) is 13.2 Å². The van der Waals surface area contributed by atoms with Crippen LogP contribution in [0.25, 0.3) is 0 Å². The standard InChI is InChI=1S/C17H18O6S/c18-15-11-4-9-5-12(7-11)16(14(15)6-9)23-17(19)10-2-1-3-13(8-10)24(20,21)22/h1-3,8-9,11-12,14,16H,4-7H2,(H,20,21,22)/p-1. The Morgan fingerprint density at radius 3 is 2.71 bits per heavy atom. The van der Waals surface area contributed by atoms with Crippen molar-refractivity contribution in [1.82, 2.24) is 0 Å². The molecule has 1 aromatic carbocycles. The van der Waals surface area contributed by atoms with E-state index < -0.39 is 27.1 Å². The third-order valence-corrected chi connectivity index (χ3v) is 6.49. The Kier molecular flexibility index (Phi) is 3.54. The van der Waals surface area contributed by atoms with E-state index in [1.165, 1.54) is 12.1 Å². The Balaban J connectivity index is 1.56. The maximum absolute atomic E-state index is 12.4. The molecule has 128 valence electrons. The largest absolute Gasteiger partial charge is 0.744 e. The summed E-state index contributed by atoms with van der Waals surface area (Å²) in [5.74, 6) is 0.190. The highest BCUT2D eigenvalue weighted by atomic mass is 32.2. The van der Waals surface area contributed by atoms with Crippen LogP contribution in [0, 0.1) is 23.7 Å². The molecule has 4 saturated carbocycles. The predicted molar refractivity (Wildman–Crippen MR) is 81.0 cm³/mol. The number of rotatable bonds is 3. The third kappa shape index (κ3) is 2.56. The van der Waals surface area contributed by atoms with Gasteiger partial charge in [-0.1, -0.05) is 6.07 Å². The highest BCUT2D eigenvalue weighted by Crippen LogP contribution is 2.53. The maximum atomic E-state index is 12.4. The van der Waals surface area contributed by atoms with Gasteiger partial charge in [-0.3, -0.25) is 4.79 Å². The zero-order valence-electron chi connectivity index (χ0n) is 12.9. The smallest absolute Gasteiger partial charge is 0.338 e. The molecule has 5 atom stereocenters. The highest BCUT2D eigenvalue weighted by molar-refractivity contribution is 7.85. The van der Waals surface area contributed by atoms with Crippen molar-refractivity contribution in [1.29, 1.82) is 0 Å². The number of esters is 1. The SMILES string of the molecule is O=C(OC1C2CC3CC(C2)C(=O)C1C3)c1cccc(S(=O)(=O)[O-])c1. The number of carbonyl (C=O) groups excluding carboxylic acids is 2. The van der Waals surface area contributed by atoms with Crippen molar-refractivity contribution < 1.29 is 27.3 Å². The first-order valence-electron chi connectivity index (χ1n) is 8.13. The average molecular weight is 349 g/mol. The molecule has 4 bridgehead atoms. The second-order valence-corrected chi connectivity index (χ2v) is 8.51. The van der Waals surface area contributed by atoms with Crippen LogP contribution in [-0.4, -0.2) is 30.8 Å². The molecule has 0 aliphatic heterocycles. The molecule has 4 aliphatic rings. The summed E-state index contributed by atoms with van der Waals surface area (Å²) in [6.07, 6.45) is 3.07. The van der Waals surface area contributed by atoms with Crippen molar-refractivity contribution in [3.8, 4) is 0 Å². The topological polar surface area (TPSA) is 101 Å². The lowest BCUT2D eigenvalue weighted by molar-refractivity contribution is -0.155. The van der Waals surface area contributed by atoms with Gasteiger partial charge in [-0.15, -0.1) is 0 Å². The number of ether oxygens (including phenoxy) is 1. The second-order valence-electron chi connectivity index (χ2n) is 7.13. The fourth-order valence-electron chi connectivity index (χ4n) is 4.73.